The normalized spacial score (nSPS) is 11.0. The van der Waals surface area contributed by atoms with Crippen LogP contribution in [0, 0.1) is 0 Å². The molecule has 110 valence electrons. The van der Waals surface area contributed by atoms with Crippen molar-refractivity contribution in [1.82, 2.24) is 5.32 Å². The van der Waals surface area contributed by atoms with E-state index in [0.29, 0.717) is 0 Å². The average Bonchev–Trinajstić information content (AvgIpc) is 2.24. The van der Waals surface area contributed by atoms with Crippen molar-refractivity contribution in [3.8, 4) is 0 Å². The van der Waals surface area contributed by atoms with Crippen LogP contribution in [-0.2, 0) is 4.79 Å². The second-order valence-corrected chi connectivity index (χ2v) is 5.79. The topological polar surface area (TPSA) is 104 Å². The van der Waals surface area contributed by atoms with Gasteiger partial charge < -0.3 is 21.5 Å². The van der Waals surface area contributed by atoms with Gasteiger partial charge in [0.15, 0.2) is 0 Å². The van der Waals surface area contributed by atoms with Gasteiger partial charge in [0.1, 0.15) is 0 Å². The second kappa shape index (κ2) is 6.00. The van der Waals surface area contributed by atoms with Crippen molar-refractivity contribution in [2.45, 2.75) is 26.3 Å². The van der Waals surface area contributed by atoms with E-state index in [1.54, 1.807) is 0 Å². The number of carbonyl (C=O) groups is 2. The molecule has 0 bridgehead atoms. The van der Waals surface area contributed by atoms with E-state index in [2.05, 4.69) is 10.6 Å². The Morgan fingerprint density at radius 2 is 1.95 bits per heavy atom. The van der Waals surface area contributed by atoms with Crippen LogP contribution in [-0.4, -0.2) is 29.1 Å². The summed E-state index contributed by atoms with van der Waals surface area (Å²) in [5.41, 5.74) is 5.54. The van der Waals surface area contributed by atoms with Gasteiger partial charge in [-0.15, -0.1) is 0 Å². The van der Waals surface area contributed by atoms with E-state index in [4.69, 9.17) is 22.4 Å². The molecule has 0 saturated heterocycles. The number of nitrogens with two attached hydrogens (primary N) is 1. The highest BCUT2D eigenvalue weighted by Gasteiger charge is 2.17. The number of anilines is 2. The summed E-state index contributed by atoms with van der Waals surface area (Å²) in [6.07, 6.45) is 0. The molecule has 1 aromatic carbocycles. The minimum atomic E-state index is -1.17. The van der Waals surface area contributed by atoms with E-state index in [1.807, 2.05) is 20.8 Å². The minimum absolute atomic E-state index is 0.0708. The highest BCUT2D eigenvalue weighted by molar-refractivity contribution is 6.34. The lowest BCUT2D eigenvalue weighted by Gasteiger charge is -2.21. The summed E-state index contributed by atoms with van der Waals surface area (Å²) in [5, 5.41) is 14.8. The first-order chi connectivity index (χ1) is 9.10. The fraction of sp³-hybridized carbons (Fsp3) is 0.385. The van der Waals surface area contributed by atoms with Crippen molar-refractivity contribution >= 4 is 34.9 Å². The molecule has 1 amide bonds. The highest BCUT2D eigenvalue weighted by Crippen LogP contribution is 2.29. The number of nitrogens with one attached hydrogen (secondary N) is 2. The number of amides is 1. The maximum absolute atomic E-state index is 11.7. The summed E-state index contributed by atoms with van der Waals surface area (Å²) >= 11 is 5.96. The van der Waals surface area contributed by atoms with Gasteiger partial charge in [0.2, 0.25) is 5.91 Å². The van der Waals surface area contributed by atoms with Gasteiger partial charge in [0.05, 0.1) is 22.8 Å². The highest BCUT2D eigenvalue weighted by atomic mass is 35.5. The van der Waals surface area contributed by atoms with Crippen molar-refractivity contribution < 1.29 is 14.7 Å². The van der Waals surface area contributed by atoms with Crippen molar-refractivity contribution in [2.75, 3.05) is 17.6 Å². The van der Waals surface area contributed by atoms with E-state index in [9.17, 15) is 9.59 Å². The van der Waals surface area contributed by atoms with Crippen LogP contribution in [0.5, 0.6) is 0 Å². The van der Waals surface area contributed by atoms with Crippen molar-refractivity contribution in [2.24, 2.45) is 0 Å². The number of hydrogen-bond acceptors (Lipinski definition) is 4. The molecule has 0 saturated carbocycles. The molecular weight excluding hydrogens is 282 g/mol. The molecule has 0 unspecified atom stereocenters. The molecule has 0 spiro atoms. The summed E-state index contributed by atoms with van der Waals surface area (Å²) in [5.74, 6) is -1.43. The zero-order chi connectivity index (χ0) is 15.5. The van der Waals surface area contributed by atoms with Crippen LogP contribution in [0.15, 0.2) is 12.1 Å². The molecule has 7 heteroatoms. The van der Waals surface area contributed by atoms with Crippen LogP contribution in [0.4, 0.5) is 11.4 Å². The van der Waals surface area contributed by atoms with Gasteiger partial charge in [-0.05, 0) is 32.9 Å². The Morgan fingerprint density at radius 3 is 2.45 bits per heavy atom. The molecule has 0 atom stereocenters. The summed E-state index contributed by atoms with van der Waals surface area (Å²) in [6.45, 7) is 5.47. The maximum Gasteiger partial charge on any atom is 0.337 e. The summed E-state index contributed by atoms with van der Waals surface area (Å²) in [4.78, 5) is 22.8. The second-order valence-electron chi connectivity index (χ2n) is 5.38. The maximum atomic E-state index is 11.7. The van der Waals surface area contributed by atoms with Gasteiger partial charge in [-0.1, -0.05) is 11.6 Å². The minimum Gasteiger partial charge on any atom is -0.478 e. The van der Waals surface area contributed by atoms with E-state index in [-0.39, 0.29) is 40.0 Å². The predicted molar refractivity (Wildman–Crippen MR) is 79.2 cm³/mol. The molecule has 1 aromatic rings. The lowest BCUT2D eigenvalue weighted by Crippen LogP contribution is -2.43. The Morgan fingerprint density at radius 1 is 1.35 bits per heavy atom. The SMILES string of the molecule is CC(C)(C)NC(=O)CNc1c(Cl)cc(N)cc1C(=O)O. The van der Waals surface area contributed by atoms with Gasteiger partial charge in [-0.3, -0.25) is 4.79 Å². The average molecular weight is 300 g/mol. The van der Waals surface area contributed by atoms with Crippen molar-refractivity contribution in [1.29, 1.82) is 0 Å². The fourth-order valence-corrected chi connectivity index (χ4v) is 1.90. The van der Waals surface area contributed by atoms with E-state index < -0.39 is 5.97 Å². The monoisotopic (exact) mass is 299 g/mol. The van der Waals surface area contributed by atoms with Crippen LogP contribution in [0.3, 0.4) is 0 Å². The van der Waals surface area contributed by atoms with Crippen molar-refractivity contribution in [3.63, 3.8) is 0 Å². The molecule has 6 nitrogen and oxygen atoms in total. The number of nitrogen functional groups attached to an aromatic ring is 1. The van der Waals surface area contributed by atoms with Gasteiger partial charge in [-0.2, -0.15) is 0 Å². The molecular formula is C13H18ClN3O3. The number of hydrogen-bond donors (Lipinski definition) is 4. The Kier molecular flexibility index (Phi) is 4.83. The number of carbonyl (C=O) groups excluding carboxylic acids is 1. The molecule has 0 fully saturated rings. The van der Waals surface area contributed by atoms with Crippen LogP contribution in [0.25, 0.3) is 0 Å². The van der Waals surface area contributed by atoms with Crippen LogP contribution in [0.1, 0.15) is 31.1 Å². The van der Waals surface area contributed by atoms with Gasteiger partial charge in [0.25, 0.3) is 0 Å². The first-order valence-corrected chi connectivity index (χ1v) is 6.35. The van der Waals surface area contributed by atoms with E-state index in [1.165, 1.54) is 12.1 Å². The third kappa shape index (κ3) is 4.62. The third-order valence-corrected chi connectivity index (χ3v) is 2.58. The fourth-order valence-electron chi connectivity index (χ4n) is 1.61. The number of aromatic carboxylic acids is 1. The smallest absolute Gasteiger partial charge is 0.337 e. The Hall–Kier alpha value is -1.95. The number of carboxylic acids is 1. The largest absolute Gasteiger partial charge is 0.478 e. The lowest BCUT2D eigenvalue weighted by atomic mass is 10.1. The van der Waals surface area contributed by atoms with Crippen LogP contribution >= 0.6 is 11.6 Å². The number of rotatable bonds is 4. The molecule has 0 aliphatic rings. The third-order valence-electron chi connectivity index (χ3n) is 2.28. The van der Waals surface area contributed by atoms with Crippen molar-refractivity contribution in [3.05, 3.63) is 22.7 Å². The molecule has 0 radical (unpaired) electrons. The quantitative estimate of drug-likeness (QED) is 0.636. The van der Waals surface area contributed by atoms with E-state index >= 15 is 0 Å². The molecule has 0 aromatic heterocycles. The number of halogens is 1. The van der Waals surface area contributed by atoms with Gasteiger partial charge >= 0.3 is 5.97 Å². The first-order valence-electron chi connectivity index (χ1n) is 5.97. The van der Waals surface area contributed by atoms with E-state index in [0.717, 1.165) is 0 Å². The van der Waals surface area contributed by atoms with Crippen LogP contribution < -0.4 is 16.4 Å². The summed E-state index contributed by atoms with van der Waals surface area (Å²) < 4.78 is 0. The predicted octanol–water partition coefficient (Wildman–Crippen LogP) is 1.95. The standard InChI is InChI=1S/C13H18ClN3O3/c1-13(2,3)17-10(18)6-16-11-8(12(19)20)4-7(15)5-9(11)14/h4-5,16H,6,15H2,1-3H3,(H,17,18)(H,19,20). The molecule has 0 aliphatic carbocycles. The Labute approximate surface area is 122 Å². The zero-order valence-corrected chi connectivity index (χ0v) is 12.3. The molecule has 0 aliphatic heterocycles. The number of benzene rings is 1. The molecule has 5 N–H and O–H groups in total. The first kappa shape index (κ1) is 16.1. The molecule has 0 heterocycles. The number of carboxylic acid groups (broad SMARTS) is 1. The van der Waals surface area contributed by atoms with Gasteiger partial charge in [-0.25, -0.2) is 4.79 Å². The summed E-state index contributed by atoms with van der Waals surface area (Å²) in [7, 11) is 0. The van der Waals surface area contributed by atoms with Gasteiger partial charge in [0, 0.05) is 11.2 Å². The van der Waals surface area contributed by atoms with Crippen LogP contribution in [0.2, 0.25) is 5.02 Å². The Balaban J connectivity index is 2.88. The Bertz CT molecular complexity index is 538. The zero-order valence-electron chi connectivity index (χ0n) is 11.6. The molecule has 20 heavy (non-hydrogen) atoms. The lowest BCUT2D eigenvalue weighted by molar-refractivity contribution is -0.120. The summed E-state index contributed by atoms with van der Waals surface area (Å²) in [6, 6.07) is 2.72. The molecule has 1 rings (SSSR count).